The van der Waals surface area contributed by atoms with Crippen molar-refractivity contribution in [3.63, 3.8) is 0 Å². The number of thiophene rings is 1. The molecule has 2 bridgehead atoms. The summed E-state index contributed by atoms with van der Waals surface area (Å²) >= 11 is 1.24. The number of hydrogen-bond acceptors (Lipinski definition) is 7. The number of benzene rings is 1. The third-order valence-corrected chi connectivity index (χ3v) is 10.2. The molecule has 6 atom stereocenters. The van der Waals surface area contributed by atoms with Crippen LogP contribution in [-0.2, 0) is 9.53 Å². The molecule has 1 aromatic carbocycles. The van der Waals surface area contributed by atoms with E-state index < -0.39 is 47.1 Å². The molecule has 0 amide bonds. The van der Waals surface area contributed by atoms with E-state index in [4.69, 9.17) is 4.74 Å². The van der Waals surface area contributed by atoms with E-state index in [0.717, 1.165) is 11.1 Å². The highest BCUT2D eigenvalue weighted by atomic mass is 32.1. The lowest BCUT2D eigenvalue weighted by atomic mass is 9.63. The Morgan fingerprint density at radius 2 is 1.89 bits per heavy atom. The summed E-state index contributed by atoms with van der Waals surface area (Å²) in [6.07, 6.45) is 1.49. The first-order valence-electron chi connectivity index (χ1n) is 12.8. The fraction of sp³-hybridized carbons (Fsp3) is 0.467. The van der Waals surface area contributed by atoms with Gasteiger partial charge in [-0.15, -0.1) is 11.3 Å². The maximum atomic E-state index is 14.3. The molecule has 0 radical (unpaired) electrons. The van der Waals surface area contributed by atoms with Crippen LogP contribution in [0.5, 0.6) is 0 Å². The SMILES string of the molecule is CC1=CC23CCC(C)C(C)(C)C(C=C(CO)C(O)C2(O)C1OC(=O)c1sccc1-c1ccccc1)C3=O. The van der Waals surface area contributed by atoms with Gasteiger partial charge in [-0.1, -0.05) is 63.3 Å². The Hall–Kier alpha value is -2.58. The second kappa shape index (κ2) is 9.02. The normalized spacial score (nSPS) is 34.6. The number of Topliss-reactive ketones (excluding diaryl/α,β-unsaturated/α-hetero) is 1. The van der Waals surface area contributed by atoms with Gasteiger partial charge in [0.2, 0.25) is 0 Å². The molecule has 1 fully saturated rings. The van der Waals surface area contributed by atoms with Gasteiger partial charge in [-0.05, 0) is 59.3 Å². The summed E-state index contributed by atoms with van der Waals surface area (Å²) in [6, 6.07) is 11.3. The molecular weight excluding hydrogens is 488 g/mol. The van der Waals surface area contributed by atoms with Crippen LogP contribution in [-0.4, -0.2) is 51.5 Å². The predicted molar refractivity (Wildman–Crippen MR) is 142 cm³/mol. The first-order valence-corrected chi connectivity index (χ1v) is 13.7. The lowest BCUT2D eigenvalue weighted by Crippen LogP contribution is -2.63. The van der Waals surface area contributed by atoms with Gasteiger partial charge in [-0.25, -0.2) is 4.79 Å². The van der Waals surface area contributed by atoms with Crippen LogP contribution in [0.2, 0.25) is 0 Å². The molecule has 2 aromatic rings. The van der Waals surface area contributed by atoms with Gasteiger partial charge in [-0.2, -0.15) is 0 Å². The smallest absolute Gasteiger partial charge is 0.349 e. The van der Waals surface area contributed by atoms with Gasteiger partial charge in [0.05, 0.1) is 12.0 Å². The van der Waals surface area contributed by atoms with Crippen molar-refractivity contribution in [1.82, 2.24) is 0 Å². The summed E-state index contributed by atoms with van der Waals surface area (Å²) in [5, 5.41) is 36.0. The molecule has 1 heterocycles. The van der Waals surface area contributed by atoms with Crippen molar-refractivity contribution in [2.75, 3.05) is 6.61 Å². The molecule has 1 saturated carbocycles. The van der Waals surface area contributed by atoms with Crippen LogP contribution in [0.1, 0.15) is 50.2 Å². The summed E-state index contributed by atoms with van der Waals surface area (Å²) in [7, 11) is 0. The highest BCUT2D eigenvalue weighted by Crippen LogP contribution is 2.60. The van der Waals surface area contributed by atoms with E-state index in [9.17, 15) is 24.9 Å². The minimum Gasteiger partial charge on any atom is -0.450 e. The maximum Gasteiger partial charge on any atom is 0.349 e. The molecule has 1 aromatic heterocycles. The number of ether oxygens (including phenoxy) is 1. The zero-order valence-corrected chi connectivity index (χ0v) is 22.4. The van der Waals surface area contributed by atoms with Gasteiger partial charge in [-0.3, -0.25) is 4.79 Å². The number of rotatable bonds is 4. The second-order valence-corrected chi connectivity index (χ2v) is 12.3. The van der Waals surface area contributed by atoms with Gasteiger partial charge in [0.1, 0.15) is 11.0 Å². The number of allylic oxidation sites excluding steroid dienone is 1. The molecule has 7 heteroatoms. The average Bonchev–Trinajstić information content (AvgIpc) is 3.42. The van der Waals surface area contributed by atoms with E-state index in [2.05, 4.69) is 6.92 Å². The standard InChI is InChI=1S/C30H34O6S/c1-17-15-29-12-10-18(2)28(3,4)22(25(29)33)14-20(16-31)24(32)30(29,35)26(17)36-27(34)23-21(11-13-37-23)19-8-6-5-7-9-19/h5-9,11,13-15,18,22,24,26,31-32,35H,10,12,16H2,1-4H3. The molecule has 3 aliphatic carbocycles. The van der Waals surface area contributed by atoms with Crippen molar-refractivity contribution in [2.24, 2.45) is 22.7 Å². The van der Waals surface area contributed by atoms with E-state index in [-0.39, 0.29) is 17.3 Å². The quantitative estimate of drug-likeness (QED) is 0.402. The molecule has 6 nitrogen and oxygen atoms in total. The fourth-order valence-electron chi connectivity index (χ4n) is 6.62. The number of hydrogen-bond donors (Lipinski definition) is 3. The van der Waals surface area contributed by atoms with Crippen molar-refractivity contribution in [1.29, 1.82) is 0 Å². The first kappa shape index (κ1) is 26.0. The minimum atomic E-state index is -2.14. The Labute approximate surface area is 221 Å². The van der Waals surface area contributed by atoms with Crippen LogP contribution in [0.25, 0.3) is 11.1 Å². The zero-order chi connectivity index (χ0) is 26.8. The van der Waals surface area contributed by atoms with Crippen LogP contribution < -0.4 is 0 Å². The summed E-state index contributed by atoms with van der Waals surface area (Å²) < 4.78 is 6.01. The highest BCUT2D eigenvalue weighted by Gasteiger charge is 2.71. The Balaban J connectivity index is 1.59. The van der Waals surface area contributed by atoms with Gasteiger partial charge in [0.25, 0.3) is 0 Å². The molecule has 3 N–H and O–H groups in total. The van der Waals surface area contributed by atoms with Crippen LogP contribution in [0.4, 0.5) is 0 Å². The molecule has 196 valence electrons. The monoisotopic (exact) mass is 522 g/mol. The minimum absolute atomic E-state index is 0.145. The third-order valence-electron chi connectivity index (χ3n) is 9.26. The van der Waals surface area contributed by atoms with E-state index in [1.165, 1.54) is 11.3 Å². The molecular formula is C30H34O6S. The number of fused-ring (bicyclic) bond motifs is 1. The highest BCUT2D eigenvalue weighted by molar-refractivity contribution is 7.12. The Bertz CT molecular complexity index is 1290. The average molecular weight is 523 g/mol. The van der Waals surface area contributed by atoms with Crippen LogP contribution in [0.3, 0.4) is 0 Å². The summed E-state index contributed by atoms with van der Waals surface area (Å²) in [5.41, 5.74) is -1.76. The van der Waals surface area contributed by atoms with E-state index in [1.54, 1.807) is 19.1 Å². The number of aliphatic hydroxyl groups excluding tert-OH is 2. The van der Waals surface area contributed by atoms with E-state index in [0.29, 0.717) is 23.3 Å². The van der Waals surface area contributed by atoms with Crippen LogP contribution >= 0.6 is 11.3 Å². The number of aliphatic hydroxyl groups is 3. The molecule has 5 rings (SSSR count). The Kier molecular flexibility index (Phi) is 6.35. The molecule has 6 unspecified atom stereocenters. The van der Waals surface area contributed by atoms with E-state index in [1.807, 2.05) is 55.6 Å². The maximum absolute atomic E-state index is 14.3. The number of carbonyl (C=O) groups is 2. The molecule has 0 saturated heterocycles. The topological polar surface area (TPSA) is 104 Å². The van der Waals surface area contributed by atoms with Gasteiger partial charge >= 0.3 is 5.97 Å². The van der Waals surface area contributed by atoms with Crippen molar-refractivity contribution < 1.29 is 29.6 Å². The molecule has 3 aliphatic rings. The third kappa shape index (κ3) is 3.62. The second-order valence-electron chi connectivity index (χ2n) is 11.4. The summed E-state index contributed by atoms with van der Waals surface area (Å²) in [5.74, 6) is -1.30. The number of ketones is 1. The lowest BCUT2D eigenvalue weighted by Gasteiger charge is -2.45. The molecule has 37 heavy (non-hydrogen) atoms. The van der Waals surface area contributed by atoms with Gasteiger partial charge < -0.3 is 20.1 Å². The number of esters is 1. The largest absolute Gasteiger partial charge is 0.450 e. The van der Waals surface area contributed by atoms with Gasteiger partial charge in [0.15, 0.2) is 17.5 Å². The lowest BCUT2D eigenvalue weighted by molar-refractivity contribution is -0.181. The Morgan fingerprint density at radius 3 is 2.57 bits per heavy atom. The van der Waals surface area contributed by atoms with Crippen LogP contribution in [0.15, 0.2) is 65.1 Å². The van der Waals surface area contributed by atoms with Crippen LogP contribution in [0, 0.1) is 22.7 Å². The van der Waals surface area contributed by atoms with Crippen molar-refractivity contribution in [3.8, 4) is 11.1 Å². The summed E-state index contributed by atoms with van der Waals surface area (Å²) in [4.78, 5) is 28.2. The van der Waals surface area contributed by atoms with E-state index >= 15 is 0 Å². The van der Waals surface area contributed by atoms with Crippen molar-refractivity contribution in [3.05, 3.63) is 70.0 Å². The molecule has 1 spiro atoms. The zero-order valence-electron chi connectivity index (χ0n) is 21.6. The van der Waals surface area contributed by atoms with Gasteiger partial charge in [0, 0.05) is 11.5 Å². The van der Waals surface area contributed by atoms with Crippen molar-refractivity contribution in [2.45, 2.75) is 58.3 Å². The summed E-state index contributed by atoms with van der Waals surface area (Å²) in [6.45, 7) is 7.34. The number of carbonyl (C=O) groups excluding carboxylic acids is 2. The Morgan fingerprint density at radius 1 is 1.19 bits per heavy atom. The van der Waals surface area contributed by atoms with Crippen molar-refractivity contribution >= 4 is 23.1 Å². The molecule has 0 aliphatic heterocycles. The predicted octanol–water partition coefficient (Wildman–Crippen LogP) is 4.55. The first-order chi connectivity index (χ1) is 17.5. The fourth-order valence-corrected chi connectivity index (χ4v) is 7.42.